The van der Waals surface area contributed by atoms with Crippen LogP contribution in [0.1, 0.15) is 17.5 Å². The van der Waals surface area contributed by atoms with Crippen LogP contribution in [-0.4, -0.2) is 51.1 Å². The number of aliphatic hydroxyl groups excluding tert-OH is 2. The van der Waals surface area contributed by atoms with E-state index in [1.807, 2.05) is 30.3 Å². The first-order valence-corrected chi connectivity index (χ1v) is 11.5. The number of nitrogens with one attached hydrogen (secondary N) is 1. The predicted octanol–water partition coefficient (Wildman–Crippen LogP) is 2.51. The molecular formula is C22H23ClN4O4S. The smallest absolute Gasteiger partial charge is 0.221 e. The highest BCUT2D eigenvalue weighted by molar-refractivity contribution is 7.99. The molecule has 0 radical (unpaired) electrons. The van der Waals surface area contributed by atoms with E-state index in [-0.39, 0.29) is 24.8 Å². The van der Waals surface area contributed by atoms with Gasteiger partial charge in [-0.2, -0.15) is 0 Å². The first kappa shape index (κ1) is 22.8. The van der Waals surface area contributed by atoms with E-state index in [4.69, 9.17) is 27.2 Å². The molecule has 3 aromatic rings. The Balaban J connectivity index is 1.56. The number of thioether (sulfide) groups is 1. The molecule has 1 aromatic heterocycles. The first-order valence-electron chi connectivity index (χ1n) is 10.1. The number of rotatable bonds is 8. The zero-order chi connectivity index (χ0) is 22.7. The molecule has 32 heavy (non-hydrogen) atoms. The van der Waals surface area contributed by atoms with Gasteiger partial charge in [-0.1, -0.05) is 29.8 Å². The van der Waals surface area contributed by atoms with Crippen LogP contribution in [0.25, 0.3) is 22.0 Å². The van der Waals surface area contributed by atoms with Crippen LogP contribution in [0.5, 0.6) is 0 Å². The Hall–Kier alpha value is -2.43. The molecule has 1 atom stereocenters. The molecule has 0 unspecified atom stereocenters. The fourth-order valence-electron chi connectivity index (χ4n) is 3.66. The fourth-order valence-corrected chi connectivity index (χ4v) is 4.84. The largest absolute Gasteiger partial charge is 0.394 e. The number of halogens is 1. The van der Waals surface area contributed by atoms with Crippen molar-refractivity contribution in [2.45, 2.75) is 30.8 Å². The zero-order valence-electron chi connectivity index (χ0n) is 17.2. The van der Waals surface area contributed by atoms with Gasteiger partial charge in [-0.25, -0.2) is 9.97 Å². The van der Waals surface area contributed by atoms with Crippen LogP contribution in [0.4, 0.5) is 5.95 Å². The number of ether oxygens (including phenoxy) is 1. The van der Waals surface area contributed by atoms with Crippen LogP contribution in [0.3, 0.4) is 0 Å². The van der Waals surface area contributed by atoms with Crippen LogP contribution >= 0.6 is 23.4 Å². The van der Waals surface area contributed by atoms with Gasteiger partial charge in [-0.15, -0.1) is 11.8 Å². The molecule has 0 spiro atoms. The lowest BCUT2D eigenvalue weighted by Gasteiger charge is -2.20. The van der Waals surface area contributed by atoms with Crippen molar-refractivity contribution < 1.29 is 19.7 Å². The number of amides is 1. The zero-order valence-corrected chi connectivity index (χ0v) is 18.7. The van der Waals surface area contributed by atoms with Gasteiger partial charge in [-0.3, -0.25) is 4.79 Å². The monoisotopic (exact) mass is 474 g/mol. The molecule has 1 aliphatic rings. The lowest BCUT2D eigenvalue weighted by atomic mass is 9.93. The minimum absolute atomic E-state index is 0.0131. The van der Waals surface area contributed by atoms with Crippen molar-refractivity contribution in [2.75, 3.05) is 24.6 Å². The van der Waals surface area contributed by atoms with Crippen molar-refractivity contribution in [3.05, 3.63) is 46.5 Å². The molecule has 0 saturated heterocycles. The maximum Gasteiger partial charge on any atom is 0.221 e. The van der Waals surface area contributed by atoms with E-state index < -0.39 is 12.7 Å². The average Bonchev–Trinajstić information content (AvgIpc) is 2.77. The molecule has 0 saturated carbocycles. The molecular weight excluding hydrogens is 452 g/mol. The van der Waals surface area contributed by atoms with Gasteiger partial charge < -0.3 is 26.0 Å². The summed E-state index contributed by atoms with van der Waals surface area (Å²) < 4.78 is 5.66. The number of nitrogens with zero attached hydrogens (tertiary/aromatic N) is 2. The third-order valence-electron chi connectivity index (χ3n) is 5.10. The fraction of sp³-hybridized carbons (Fsp3) is 0.318. The van der Waals surface area contributed by atoms with E-state index in [0.29, 0.717) is 34.7 Å². The lowest BCUT2D eigenvalue weighted by Crippen LogP contribution is -2.33. The highest BCUT2D eigenvalue weighted by Gasteiger charge is 2.20. The Bertz CT molecular complexity index is 1160. The average molecular weight is 475 g/mol. The lowest BCUT2D eigenvalue weighted by molar-refractivity contribution is -0.121. The first-order chi connectivity index (χ1) is 15.5. The van der Waals surface area contributed by atoms with Crippen LogP contribution in [-0.2, 0) is 22.7 Å². The van der Waals surface area contributed by atoms with Crippen molar-refractivity contribution in [1.82, 2.24) is 15.3 Å². The van der Waals surface area contributed by atoms with E-state index >= 15 is 0 Å². The molecule has 1 aliphatic heterocycles. The van der Waals surface area contributed by atoms with Crippen LogP contribution in [0.2, 0.25) is 5.02 Å². The summed E-state index contributed by atoms with van der Waals surface area (Å²) in [5, 5.41) is 24.0. The van der Waals surface area contributed by atoms with Crippen LogP contribution < -0.4 is 11.1 Å². The van der Waals surface area contributed by atoms with E-state index in [0.717, 1.165) is 27.5 Å². The van der Waals surface area contributed by atoms with Crippen molar-refractivity contribution >= 4 is 46.0 Å². The van der Waals surface area contributed by atoms with Crippen molar-refractivity contribution in [1.29, 1.82) is 0 Å². The van der Waals surface area contributed by atoms with Gasteiger partial charge >= 0.3 is 0 Å². The molecule has 2 heterocycles. The normalized spacial score (nSPS) is 13.8. The molecule has 168 valence electrons. The molecule has 0 bridgehead atoms. The summed E-state index contributed by atoms with van der Waals surface area (Å²) in [5.41, 5.74) is 9.55. The SMILES string of the molecule is Nc1nc(SCCC(=O)NC[C@@H](O)CO)cc(-c2c(Cl)cc3c4c(cccc24)COC3)n1. The summed E-state index contributed by atoms with van der Waals surface area (Å²) in [6.45, 7) is 0.678. The number of hydrogen-bond acceptors (Lipinski definition) is 8. The number of nitrogens with two attached hydrogens (primary N) is 1. The summed E-state index contributed by atoms with van der Waals surface area (Å²) in [5.74, 6) is 0.368. The highest BCUT2D eigenvalue weighted by atomic mass is 35.5. The number of aromatic nitrogens is 2. The third kappa shape index (κ3) is 4.97. The molecule has 10 heteroatoms. The Kier molecular flexibility index (Phi) is 7.12. The number of carbonyl (C=O) groups is 1. The Morgan fingerprint density at radius 3 is 2.91 bits per heavy atom. The Labute approximate surface area is 194 Å². The molecule has 5 N–H and O–H groups in total. The number of nitrogen functional groups attached to an aromatic ring is 1. The molecule has 0 aliphatic carbocycles. The quantitative estimate of drug-likeness (QED) is 0.289. The summed E-state index contributed by atoms with van der Waals surface area (Å²) in [6, 6.07) is 9.78. The summed E-state index contributed by atoms with van der Waals surface area (Å²) in [6.07, 6.45) is -0.738. The number of carbonyl (C=O) groups excluding carboxylic acids is 1. The van der Waals surface area contributed by atoms with Crippen LogP contribution in [0, 0.1) is 0 Å². The number of anilines is 1. The second-order valence-electron chi connectivity index (χ2n) is 7.41. The van der Waals surface area contributed by atoms with Gasteiger partial charge in [0.2, 0.25) is 11.9 Å². The molecule has 0 fully saturated rings. The number of aliphatic hydroxyl groups is 2. The standard InChI is InChI=1S/C22H23ClN4O4S/c23-16-6-13-11-31-10-12-2-1-3-15(20(12)13)21(16)17-7-19(27-22(24)26-17)32-5-4-18(30)25-8-14(29)9-28/h1-3,6-7,14,28-29H,4-5,8-11H2,(H,25,30)(H2,24,26,27)/t14-/m1/s1. The highest BCUT2D eigenvalue weighted by Crippen LogP contribution is 2.40. The summed E-state index contributed by atoms with van der Waals surface area (Å²) in [4.78, 5) is 20.6. The maximum absolute atomic E-state index is 11.9. The van der Waals surface area contributed by atoms with Gasteiger partial charge in [0, 0.05) is 24.3 Å². The summed E-state index contributed by atoms with van der Waals surface area (Å²) in [7, 11) is 0. The summed E-state index contributed by atoms with van der Waals surface area (Å²) >= 11 is 8.04. The van der Waals surface area contributed by atoms with Crippen LogP contribution in [0.15, 0.2) is 35.4 Å². The van der Waals surface area contributed by atoms with Gasteiger partial charge in [0.15, 0.2) is 0 Å². The molecule has 2 aromatic carbocycles. The number of hydrogen-bond donors (Lipinski definition) is 4. The van der Waals surface area contributed by atoms with E-state index in [1.165, 1.54) is 11.8 Å². The van der Waals surface area contributed by atoms with E-state index in [1.54, 1.807) is 0 Å². The Morgan fingerprint density at radius 2 is 2.09 bits per heavy atom. The topological polar surface area (TPSA) is 131 Å². The van der Waals surface area contributed by atoms with Gasteiger partial charge in [0.25, 0.3) is 0 Å². The number of benzene rings is 2. The second kappa shape index (κ2) is 10.0. The Morgan fingerprint density at radius 1 is 1.28 bits per heavy atom. The second-order valence-corrected chi connectivity index (χ2v) is 8.94. The molecule has 1 amide bonds. The van der Waals surface area contributed by atoms with Crippen molar-refractivity contribution in [3.63, 3.8) is 0 Å². The minimum Gasteiger partial charge on any atom is -0.394 e. The maximum atomic E-state index is 11.9. The third-order valence-corrected chi connectivity index (χ3v) is 6.31. The molecule has 8 nitrogen and oxygen atoms in total. The molecule has 4 rings (SSSR count). The van der Waals surface area contributed by atoms with Gasteiger partial charge in [0.05, 0.1) is 36.6 Å². The van der Waals surface area contributed by atoms with E-state index in [2.05, 4.69) is 15.3 Å². The van der Waals surface area contributed by atoms with Crippen molar-refractivity contribution in [3.8, 4) is 11.3 Å². The van der Waals surface area contributed by atoms with Gasteiger partial charge in [-0.05, 0) is 34.0 Å². The predicted molar refractivity (Wildman–Crippen MR) is 124 cm³/mol. The van der Waals surface area contributed by atoms with Crippen molar-refractivity contribution in [2.24, 2.45) is 0 Å². The van der Waals surface area contributed by atoms with Gasteiger partial charge in [0.1, 0.15) is 5.03 Å². The minimum atomic E-state index is -0.964. The van der Waals surface area contributed by atoms with E-state index in [9.17, 15) is 9.90 Å².